The third-order valence-electron chi connectivity index (χ3n) is 2.62. The molecule has 8 heteroatoms. The number of nitrogens with one attached hydrogen (secondary N) is 1. The van der Waals surface area contributed by atoms with Crippen LogP contribution in [0.2, 0.25) is 5.28 Å². The lowest BCUT2D eigenvalue weighted by atomic mass is 10.2. The van der Waals surface area contributed by atoms with Crippen molar-refractivity contribution in [3.05, 3.63) is 29.0 Å². The van der Waals surface area contributed by atoms with E-state index in [1.807, 2.05) is 18.2 Å². The Bertz CT molecular complexity index is 638. The van der Waals surface area contributed by atoms with Crippen molar-refractivity contribution in [2.24, 2.45) is 0 Å². The summed E-state index contributed by atoms with van der Waals surface area (Å²) in [6, 6.07) is 5.73. The number of anilines is 1. The van der Waals surface area contributed by atoms with E-state index in [4.69, 9.17) is 25.8 Å². The Balaban J connectivity index is 1.71. The summed E-state index contributed by atoms with van der Waals surface area (Å²) in [5.41, 5.74) is 0.914. The van der Waals surface area contributed by atoms with Crippen molar-refractivity contribution < 1.29 is 14.2 Å². The monoisotopic (exact) mass is 294 g/mol. The normalized spacial score (nSPS) is 12.3. The number of aromatic nitrogens is 3. The van der Waals surface area contributed by atoms with Crippen LogP contribution in [0.15, 0.2) is 18.2 Å². The predicted molar refractivity (Wildman–Crippen MR) is 71.3 cm³/mol. The van der Waals surface area contributed by atoms with Crippen molar-refractivity contribution in [3.8, 4) is 17.5 Å². The summed E-state index contributed by atoms with van der Waals surface area (Å²) < 4.78 is 16.0. The minimum atomic E-state index is 0.0741. The van der Waals surface area contributed by atoms with Crippen LogP contribution in [-0.2, 0) is 6.61 Å². The molecule has 1 N–H and O–H groups in total. The van der Waals surface area contributed by atoms with E-state index in [1.54, 1.807) is 7.05 Å². The molecule has 1 aromatic heterocycles. The average Bonchev–Trinajstić information content (AvgIpc) is 2.92. The van der Waals surface area contributed by atoms with Crippen LogP contribution in [0.25, 0.3) is 0 Å². The van der Waals surface area contributed by atoms with Gasteiger partial charge in [0.25, 0.3) is 0 Å². The largest absolute Gasteiger partial charge is 0.458 e. The minimum Gasteiger partial charge on any atom is -0.458 e. The van der Waals surface area contributed by atoms with E-state index in [2.05, 4.69) is 20.3 Å². The topological polar surface area (TPSA) is 78.4 Å². The van der Waals surface area contributed by atoms with E-state index in [-0.39, 0.29) is 18.1 Å². The Morgan fingerprint density at radius 1 is 1.25 bits per heavy atom. The molecule has 1 aromatic carbocycles. The minimum absolute atomic E-state index is 0.0741. The van der Waals surface area contributed by atoms with Crippen molar-refractivity contribution in [1.29, 1.82) is 0 Å². The lowest BCUT2D eigenvalue weighted by Gasteiger charge is -2.06. The second kappa shape index (κ2) is 5.38. The van der Waals surface area contributed by atoms with E-state index in [0.29, 0.717) is 18.3 Å². The Morgan fingerprint density at radius 3 is 2.95 bits per heavy atom. The fourth-order valence-corrected chi connectivity index (χ4v) is 1.84. The van der Waals surface area contributed by atoms with E-state index in [0.717, 1.165) is 11.3 Å². The number of nitrogens with zero attached hydrogens (tertiary/aromatic N) is 3. The average molecular weight is 295 g/mol. The Hall–Kier alpha value is -2.28. The molecule has 0 atom stereocenters. The van der Waals surface area contributed by atoms with Crippen molar-refractivity contribution in [2.45, 2.75) is 6.61 Å². The maximum Gasteiger partial charge on any atom is 0.322 e. The number of hydrogen-bond donors (Lipinski definition) is 1. The van der Waals surface area contributed by atoms with Crippen molar-refractivity contribution in [1.82, 2.24) is 15.0 Å². The molecule has 0 saturated heterocycles. The van der Waals surface area contributed by atoms with Gasteiger partial charge in [-0.3, -0.25) is 0 Å². The van der Waals surface area contributed by atoms with E-state index in [1.165, 1.54) is 0 Å². The van der Waals surface area contributed by atoms with E-state index in [9.17, 15) is 0 Å². The summed E-state index contributed by atoms with van der Waals surface area (Å²) in [6.07, 6.45) is 0. The van der Waals surface area contributed by atoms with E-state index >= 15 is 0 Å². The molecule has 104 valence electrons. The van der Waals surface area contributed by atoms with Crippen LogP contribution in [0.1, 0.15) is 5.56 Å². The number of hydrogen-bond acceptors (Lipinski definition) is 7. The summed E-state index contributed by atoms with van der Waals surface area (Å²) in [5, 5.41) is 2.85. The molecule has 0 aliphatic carbocycles. The van der Waals surface area contributed by atoms with Crippen LogP contribution in [0, 0.1) is 0 Å². The number of benzene rings is 1. The first-order valence-corrected chi connectivity index (χ1v) is 6.23. The smallest absolute Gasteiger partial charge is 0.322 e. The van der Waals surface area contributed by atoms with Gasteiger partial charge in [-0.15, -0.1) is 0 Å². The summed E-state index contributed by atoms with van der Waals surface area (Å²) >= 11 is 5.77. The van der Waals surface area contributed by atoms with Gasteiger partial charge in [0.05, 0.1) is 0 Å². The zero-order chi connectivity index (χ0) is 13.9. The molecule has 0 fully saturated rings. The predicted octanol–water partition coefficient (Wildman–Crippen LogP) is 1.87. The number of rotatable bonds is 4. The zero-order valence-electron chi connectivity index (χ0n) is 10.6. The molecule has 0 amide bonds. The summed E-state index contributed by atoms with van der Waals surface area (Å²) in [6.45, 7) is 0.536. The molecule has 2 heterocycles. The molecule has 7 nitrogen and oxygen atoms in total. The number of halogens is 1. The van der Waals surface area contributed by atoms with Gasteiger partial charge in [0.15, 0.2) is 11.5 Å². The first kappa shape index (κ1) is 12.7. The third kappa shape index (κ3) is 2.67. The van der Waals surface area contributed by atoms with Gasteiger partial charge < -0.3 is 19.5 Å². The zero-order valence-corrected chi connectivity index (χ0v) is 11.3. The second-order valence-corrected chi connectivity index (χ2v) is 4.27. The van der Waals surface area contributed by atoms with Crippen LogP contribution in [0.5, 0.6) is 17.5 Å². The van der Waals surface area contributed by atoms with Gasteiger partial charge >= 0.3 is 6.01 Å². The van der Waals surface area contributed by atoms with Gasteiger partial charge in [0.2, 0.25) is 18.0 Å². The van der Waals surface area contributed by atoms with Gasteiger partial charge in [-0.25, -0.2) is 0 Å². The molecule has 0 radical (unpaired) electrons. The van der Waals surface area contributed by atoms with Crippen LogP contribution in [0.4, 0.5) is 5.95 Å². The van der Waals surface area contributed by atoms with Crippen molar-refractivity contribution >= 4 is 17.5 Å². The first-order valence-electron chi connectivity index (χ1n) is 5.85. The third-order valence-corrected chi connectivity index (χ3v) is 2.79. The quantitative estimate of drug-likeness (QED) is 0.922. The van der Waals surface area contributed by atoms with Crippen LogP contribution < -0.4 is 19.5 Å². The van der Waals surface area contributed by atoms with Crippen LogP contribution in [-0.4, -0.2) is 28.8 Å². The molecule has 0 unspecified atom stereocenters. The highest BCUT2D eigenvalue weighted by atomic mass is 35.5. The van der Waals surface area contributed by atoms with Crippen molar-refractivity contribution in [3.63, 3.8) is 0 Å². The number of ether oxygens (including phenoxy) is 3. The summed E-state index contributed by atoms with van der Waals surface area (Å²) in [4.78, 5) is 11.8. The standard InChI is InChI=1S/C12H11ClN4O3/c1-14-11-15-10(13)16-12(17-11)18-5-7-2-3-8-9(4-7)20-6-19-8/h2-4H,5-6H2,1H3,(H,14,15,16,17). The van der Waals surface area contributed by atoms with Gasteiger partial charge in [-0.2, -0.15) is 15.0 Å². The van der Waals surface area contributed by atoms with Gasteiger partial charge in [0, 0.05) is 7.05 Å². The van der Waals surface area contributed by atoms with Gasteiger partial charge in [0.1, 0.15) is 6.61 Å². The second-order valence-electron chi connectivity index (χ2n) is 3.94. The SMILES string of the molecule is CNc1nc(Cl)nc(OCc2ccc3c(c2)OCO3)n1. The van der Waals surface area contributed by atoms with E-state index < -0.39 is 0 Å². The highest BCUT2D eigenvalue weighted by Crippen LogP contribution is 2.32. The fraction of sp³-hybridized carbons (Fsp3) is 0.250. The number of fused-ring (bicyclic) bond motifs is 1. The highest BCUT2D eigenvalue weighted by molar-refractivity contribution is 6.28. The van der Waals surface area contributed by atoms with Crippen LogP contribution in [0.3, 0.4) is 0 Å². The lowest BCUT2D eigenvalue weighted by molar-refractivity contribution is 0.174. The first-order chi connectivity index (χ1) is 9.74. The molecule has 0 bridgehead atoms. The summed E-state index contributed by atoms with van der Waals surface area (Å²) in [5.74, 6) is 1.79. The Morgan fingerprint density at radius 2 is 2.10 bits per heavy atom. The summed E-state index contributed by atoms with van der Waals surface area (Å²) in [7, 11) is 1.69. The molecule has 1 aliphatic rings. The van der Waals surface area contributed by atoms with Gasteiger partial charge in [-0.1, -0.05) is 6.07 Å². The molecule has 2 aromatic rings. The molecule has 1 aliphatic heterocycles. The molecular formula is C12H11ClN4O3. The maximum atomic E-state index is 5.77. The highest BCUT2D eigenvalue weighted by Gasteiger charge is 2.13. The molecule has 3 rings (SSSR count). The Labute approximate surface area is 119 Å². The molecular weight excluding hydrogens is 284 g/mol. The van der Waals surface area contributed by atoms with Crippen molar-refractivity contribution in [2.75, 3.05) is 19.2 Å². The molecule has 0 spiro atoms. The van der Waals surface area contributed by atoms with Gasteiger partial charge in [-0.05, 0) is 29.3 Å². The lowest BCUT2D eigenvalue weighted by Crippen LogP contribution is -2.04. The molecule has 20 heavy (non-hydrogen) atoms. The Kier molecular flexibility index (Phi) is 3.42. The maximum absolute atomic E-state index is 5.77. The fourth-order valence-electron chi connectivity index (χ4n) is 1.69. The molecule has 0 saturated carbocycles. The van der Waals surface area contributed by atoms with Crippen LogP contribution >= 0.6 is 11.6 Å².